The van der Waals surface area contributed by atoms with Crippen molar-refractivity contribution in [2.45, 2.75) is 292 Å². The molecule has 6 heterocycles. The topological polar surface area (TPSA) is 463 Å². The van der Waals surface area contributed by atoms with Gasteiger partial charge in [0, 0.05) is 93.6 Å². The van der Waals surface area contributed by atoms with Crippen molar-refractivity contribution in [3.8, 4) is 0 Å². The molecule has 0 aromatic rings. The molecule has 0 saturated carbocycles. The van der Waals surface area contributed by atoms with Gasteiger partial charge in [0.25, 0.3) is 0 Å². The minimum Gasteiger partial charge on any atom is -0.465 e. The van der Waals surface area contributed by atoms with E-state index in [9.17, 15) is 99.6 Å². The minimum absolute atomic E-state index is 0. The fourth-order valence-electron chi connectivity index (χ4n) is 14.5. The first kappa shape index (κ1) is 102. The van der Waals surface area contributed by atoms with E-state index in [2.05, 4.69) is 13.2 Å². The van der Waals surface area contributed by atoms with Crippen molar-refractivity contribution < 1.29 is 138 Å². The van der Waals surface area contributed by atoms with E-state index >= 15 is 0 Å². The SMILES string of the molecule is C.C.C/C=C\[C@H](C)[C@H]1O[C@]1(C)[C@@H](O)[C@@H](CO)C(=O)C(CO)C(O)CC(=O)CC.C/C=C\[C@H](C)[C@H]1O[C@]1(C)[C@@H](O)[C@@H](CO)C(=O)C1COC(O)(CC)CC1O.C=C(C(=O)[C@H](COC(C)=O)[C@H](O)[C@@]1(C)O[C@@H]1[C@@H](C)/C=C\C)C(O)CC(=O)CC.C=C(C(O)CC(=O)CC)[C@@]12O[C@@H]([C@@H](O)[C@H]1COC(C)=O)[C@@H]([C@@H](C)/C=C\C)O2. The van der Waals surface area contributed by atoms with Crippen LogP contribution in [-0.2, 0) is 76.3 Å². The highest BCUT2D eigenvalue weighted by atomic mass is 16.8. The molecule has 6 aliphatic rings. The van der Waals surface area contributed by atoms with Crippen LogP contribution in [-0.4, -0.2) is 255 Å². The van der Waals surface area contributed by atoms with Crippen LogP contribution in [0, 0.1) is 59.2 Å². The standard InChI is InChI=1S/C21H32O7.C20H30O7.2C19H32O7.2CH4/c1-7-9-12(3)20-21(6,28-20)19(26)16(11-27-14(5)22)18(25)13(4)17(24)10-15(23)8-2;1-6-8-11(3)18-19-17(24)15(10-25-13(5)21)20(26-18,27-19)12(4)16(23)9-14(22)7-2;1-5-7-11(3)17-18(4,26-17)16(23)12(9-20)15(22)13-10-25-19(24,6-2)8-14(13)21;1-5-7-11(3)18-19(4,26-18)17(25)14(10-21)16(24)13(9-20)15(23)8-12(22)6-2;;/h7,9,12,16-17,19-20,24,26H,4,8,10-11H2,1-3,5-6H3;6,8,11,15-19,23-24H,4,7,9-10H2,1-3,5H3;5,7,11-14,16-17,20-21,23-24H,6,8-10H2,1-4H3;5,7,11,13-15,17-18,20-21,23,25H,6,8-10H2,1-4H3;2*1H4/b9-7-;8-6-;2*7-5-;;/t12-,16-,17?,19-,20+,21+;11-,15+,16?,17-,18+,19-,20+;11-,12-,13?,14?,16-,17+,18+,19?;11-,13?,14-,15?,17-,18+,19+;;/m0000../s1. The van der Waals surface area contributed by atoms with Crippen LogP contribution in [0.15, 0.2) is 72.9 Å². The molecule has 28 heteroatoms. The van der Waals surface area contributed by atoms with Crippen molar-refractivity contribution in [2.75, 3.05) is 39.6 Å². The average Bonchev–Trinajstić information content (AvgIpc) is 1.56. The highest BCUT2D eigenvalue weighted by Crippen LogP contribution is 2.54. The Balaban J connectivity index is 0.000000723. The van der Waals surface area contributed by atoms with Crippen LogP contribution in [0.2, 0.25) is 0 Å². The normalized spacial score (nSPS) is 31.7. The van der Waals surface area contributed by atoms with Gasteiger partial charge in [-0.25, -0.2) is 0 Å². The summed E-state index contributed by atoms with van der Waals surface area (Å²) in [6, 6.07) is 0. The van der Waals surface area contributed by atoms with E-state index in [0.717, 1.165) is 0 Å². The minimum atomic E-state index is -1.51. The van der Waals surface area contributed by atoms with Crippen LogP contribution < -0.4 is 0 Å². The number of carbonyl (C=O) groups excluding carboxylic acids is 8. The van der Waals surface area contributed by atoms with E-state index in [4.69, 9.17) is 37.9 Å². The number of aliphatic hydroxyl groups excluding tert-OH is 11. The molecule has 6 aliphatic heterocycles. The Labute approximate surface area is 645 Å². The monoisotopic (exact) mass is 1550 g/mol. The fourth-order valence-corrected chi connectivity index (χ4v) is 14.5. The van der Waals surface area contributed by atoms with Crippen LogP contribution in [0.4, 0.5) is 0 Å². The van der Waals surface area contributed by atoms with Gasteiger partial charge in [0.05, 0.1) is 135 Å². The van der Waals surface area contributed by atoms with Crippen molar-refractivity contribution in [1.29, 1.82) is 0 Å². The number of ketones is 6. The molecule has 28 atom stereocenters. The number of hydrogen-bond donors (Lipinski definition) is 12. The molecular weight excluding hydrogens is 1420 g/mol. The molecule has 6 saturated heterocycles. The van der Waals surface area contributed by atoms with Crippen molar-refractivity contribution in [3.05, 3.63) is 72.9 Å². The second-order valence-electron chi connectivity index (χ2n) is 29.6. The molecular formula is C81H134O28. The molecule has 28 nitrogen and oxygen atoms in total. The van der Waals surface area contributed by atoms with E-state index in [1.807, 2.05) is 104 Å². The zero-order chi connectivity index (χ0) is 81.8. The number of ether oxygens (including phenoxy) is 8. The van der Waals surface area contributed by atoms with E-state index in [1.165, 1.54) is 13.8 Å². The third kappa shape index (κ3) is 25.6. The van der Waals surface area contributed by atoms with Gasteiger partial charge in [-0.1, -0.05) is 132 Å². The van der Waals surface area contributed by atoms with Crippen LogP contribution in [0.5, 0.6) is 0 Å². The van der Waals surface area contributed by atoms with Gasteiger partial charge in [0.15, 0.2) is 11.6 Å². The summed E-state index contributed by atoms with van der Waals surface area (Å²) in [5.41, 5.74) is -2.94. The lowest BCUT2D eigenvalue weighted by molar-refractivity contribution is -0.258. The molecule has 0 spiro atoms. The highest BCUT2D eigenvalue weighted by molar-refractivity contribution is 5.99. The molecule has 0 radical (unpaired) electrons. The fraction of sp³-hybridized carbons (Fsp3) is 0.753. The zero-order valence-electron chi connectivity index (χ0n) is 65.6. The first-order chi connectivity index (χ1) is 50.0. The molecule has 2 bridgehead atoms. The van der Waals surface area contributed by atoms with Crippen molar-refractivity contribution in [3.63, 3.8) is 0 Å². The number of allylic oxidation sites excluding steroid dienone is 4. The van der Waals surface area contributed by atoms with E-state index in [0.29, 0.717) is 12.8 Å². The number of hydrogen-bond acceptors (Lipinski definition) is 28. The Bertz CT molecular complexity index is 3110. The molecule has 0 aromatic heterocycles. The van der Waals surface area contributed by atoms with Crippen LogP contribution >= 0.6 is 0 Å². The number of esters is 2. The molecule has 626 valence electrons. The van der Waals surface area contributed by atoms with Gasteiger partial charge >= 0.3 is 11.9 Å². The van der Waals surface area contributed by atoms with Gasteiger partial charge in [-0.3, -0.25) is 38.4 Å². The van der Waals surface area contributed by atoms with Gasteiger partial charge in [0.1, 0.15) is 65.0 Å². The molecule has 109 heavy (non-hydrogen) atoms. The van der Waals surface area contributed by atoms with Crippen molar-refractivity contribution >= 4 is 46.6 Å². The second-order valence-corrected chi connectivity index (χ2v) is 29.6. The van der Waals surface area contributed by atoms with Gasteiger partial charge in [-0.2, -0.15) is 0 Å². The number of aliphatic hydroxyl groups is 12. The maximum atomic E-state index is 12.9. The Morgan fingerprint density at radius 3 is 1.35 bits per heavy atom. The van der Waals surface area contributed by atoms with Crippen LogP contribution in [0.1, 0.15) is 184 Å². The zero-order valence-corrected chi connectivity index (χ0v) is 65.6. The predicted molar refractivity (Wildman–Crippen MR) is 404 cm³/mol. The molecule has 0 aliphatic carbocycles. The van der Waals surface area contributed by atoms with Gasteiger partial charge in [0.2, 0.25) is 5.79 Å². The summed E-state index contributed by atoms with van der Waals surface area (Å²) in [6.07, 6.45) is 4.03. The molecule has 12 N–H and O–H groups in total. The molecule has 0 amide bonds. The van der Waals surface area contributed by atoms with Gasteiger partial charge in [-0.15, -0.1) is 0 Å². The number of fused-ring (bicyclic) bond motifs is 2. The third-order valence-corrected chi connectivity index (χ3v) is 21.6. The van der Waals surface area contributed by atoms with E-state index < -0.39 is 174 Å². The van der Waals surface area contributed by atoms with Gasteiger partial charge in [-0.05, 0) is 54.9 Å². The van der Waals surface area contributed by atoms with E-state index in [1.54, 1.807) is 48.5 Å². The Morgan fingerprint density at radius 2 is 0.954 bits per heavy atom. The summed E-state index contributed by atoms with van der Waals surface area (Å²) in [6.45, 7) is 34.6. The summed E-state index contributed by atoms with van der Waals surface area (Å²) in [7, 11) is 0. The lowest BCUT2D eigenvalue weighted by atomic mass is 9.78. The first-order valence-electron chi connectivity index (χ1n) is 37.3. The summed E-state index contributed by atoms with van der Waals surface area (Å²) >= 11 is 0. The summed E-state index contributed by atoms with van der Waals surface area (Å²) < 4.78 is 44.6. The highest BCUT2D eigenvalue weighted by Gasteiger charge is 2.68. The summed E-state index contributed by atoms with van der Waals surface area (Å²) in [4.78, 5) is 95.8. The maximum Gasteiger partial charge on any atom is 0.302 e. The quantitative estimate of drug-likeness (QED) is 0.0163. The van der Waals surface area contributed by atoms with Gasteiger partial charge < -0.3 is 99.2 Å². The third-order valence-electron chi connectivity index (χ3n) is 21.6. The smallest absolute Gasteiger partial charge is 0.302 e. The lowest BCUT2D eigenvalue weighted by Gasteiger charge is -2.40. The molecule has 0 aromatic carbocycles. The number of epoxide rings is 3. The summed E-state index contributed by atoms with van der Waals surface area (Å²) in [5, 5.41) is 123. The molecule has 7 unspecified atom stereocenters. The number of carbonyl (C=O) groups is 8. The average molecular weight is 1560 g/mol. The maximum absolute atomic E-state index is 12.9. The Morgan fingerprint density at radius 1 is 0.550 bits per heavy atom. The molecule has 6 rings (SSSR count). The Hall–Kier alpha value is -5.32. The first-order valence-corrected chi connectivity index (χ1v) is 37.3. The predicted octanol–water partition coefficient (Wildman–Crippen LogP) is 5.17. The van der Waals surface area contributed by atoms with Crippen LogP contribution in [0.25, 0.3) is 0 Å². The number of rotatable bonds is 41. The van der Waals surface area contributed by atoms with E-state index in [-0.39, 0.29) is 144 Å². The summed E-state index contributed by atoms with van der Waals surface area (Å²) in [5.74, 6) is -12.7. The molecule has 6 fully saturated rings. The van der Waals surface area contributed by atoms with Crippen LogP contribution in [0.3, 0.4) is 0 Å². The second kappa shape index (κ2) is 44.9. The number of Topliss-reactive ketones (excluding diaryl/α,β-unsaturated/α-hetero) is 6. The largest absolute Gasteiger partial charge is 0.465 e. The van der Waals surface area contributed by atoms with Crippen molar-refractivity contribution in [2.24, 2.45) is 59.2 Å². The Kier molecular flexibility index (Phi) is 41.9. The van der Waals surface area contributed by atoms with Crippen molar-refractivity contribution in [1.82, 2.24) is 0 Å². The lowest BCUT2D eigenvalue weighted by Crippen LogP contribution is -2.53.